The van der Waals surface area contributed by atoms with Gasteiger partial charge in [0, 0.05) is 86.6 Å². The predicted molar refractivity (Wildman–Crippen MR) is 147 cm³/mol. The number of hydrogen-bond acceptors (Lipinski definition) is 7. The smallest absolute Gasteiger partial charge is 0.236 e. The van der Waals surface area contributed by atoms with Gasteiger partial charge in [-0.25, -0.2) is 9.97 Å². The maximum atomic E-state index is 13.1. The number of rotatable bonds is 6. The van der Waals surface area contributed by atoms with Crippen LogP contribution in [0.2, 0.25) is 0 Å². The number of aromatic nitrogens is 5. The fraction of sp³-hybridized carbons (Fsp3) is 0.345. The number of anilines is 1. The van der Waals surface area contributed by atoms with Crippen molar-refractivity contribution >= 4 is 11.6 Å². The van der Waals surface area contributed by atoms with Gasteiger partial charge in [0.25, 0.3) is 0 Å². The Labute approximate surface area is 222 Å². The number of pyridine rings is 1. The van der Waals surface area contributed by atoms with Crippen molar-refractivity contribution in [2.45, 2.75) is 19.4 Å². The van der Waals surface area contributed by atoms with E-state index < -0.39 is 0 Å². The summed E-state index contributed by atoms with van der Waals surface area (Å²) in [5.41, 5.74) is 5.21. The molecule has 0 radical (unpaired) electrons. The molecular weight excluding hydrogens is 476 g/mol. The van der Waals surface area contributed by atoms with Gasteiger partial charge in [0.2, 0.25) is 5.91 Å². The van der Waals surface area contributed by atoms with Crippen LogP contribution in [0.15, 0.2) is 73.3 Å². The molecular formula is C29H32N8O. The lowest BCUT2D eigenvalue weighted by molar-refractivity contribution is -0.132. The second-order valence-corrected chi connectivity index (χ2v) is 10.0. The molecule has 1 atom stereocenters. The Kier molecular flexibility index (Phi) is 6.83. The molecule has 0 bridgehead atoms. The Morgan fingerprint density at radius 3 is 2.45 bits per heavy atom. The van der Waals surface area contributed by atoms with Crippen molar-refractivity contribution in [3.8, 4) is 22.6 Å². The predicted octanol–water partition coefficient (Wildman–Crippen LogP) is 3.31. The molecule has 9 nitrogen and oxygen atoms in total. The summed E-state index contributed by atoms with van der Waals surface area (Å²) in [5, 5.41) is 4.82. The van der Waals surface area contributed by atoms with E-state index in [9.17, 15) is 4.79 Å². The van der Waals surface area contributed by atoms with Gasteiger partial charge in [0.15, 0.2) is 5.82 Å². The molecule has 0 unspecified atom stereocenters. The van der Waals surface area contributed by atoms with Gasteiger partial charge in [-0.3, -0.25) is 19.4 Å². The maximum absolute atomic E-state index is 13.1. The third-order valence-corrected chi connectivity index (χ3v) is 7.47. The summed E-state index contributed by atoms with van der Waals surface area (Å²) in [6, 6.07) is 16.6. The fourth-order valence-electron chi connectivity index (χ4n) is 5.35. The molecule has 3 aromatic heterocycles. The summed E-state index contributed by atoms with van der Waals surface area (Å²) in [5.74, 6) is 0.950. The summed E-state index contributed by atoms with van der Waals surface area (Å²) in [6.07, 6.45) is 8.39. The largest absolute Gasteiger partial charge is 0.368 e. The van der Waals surface area contributed by atoms with Gasteiger partial charge < -0.3 is 9.80 Å². The van der Waals surface area contributed by atoms with Crippen LogP contribution in [0.3, 0.4) is 0 Å². The van der Waals surface area contributed by atoms with Crippen molar-refractivity contribution in [3.05, 3.63) is 79.0 Å². The molecule has 9 heteroatoms. The number of amides is 1. The van der Waals surface area contributed by atoms with E-state index in [1.165, 1.54) is 5.69 Å². The lowest BCUT2D eigenvalue weighted by Gasteiger charge is -2.36. The van der Waals surface area contributed by atoms with E-state index in [0.29, 0.717) is 12.6 Å². The van der Waals surface area contributed by atoms with Gasteiger partial charge in [0.05, 0.1) is 18.3 Å². The van der Waals surface area contributed by atoms with Gasteiger partial charge >= 0.3 is 0 Å². The molecule has 4 aromatic rings. The normalized spacial score (nSPS) is 18.2. The van der Waals surface area contributed by atoms with Crippen LogP contribution in [0, 0.1) is 6.92 Å². The van der Waals surface area contributed by atoms with Gasteiger partial charge in [-0.05, 0) is 61.9 Å². The van der Waals surface area contributed by atoms with Crippen molar-refractivity contribution in [1.82, 2.24) is 34.5 Å². The van der Waals surface area contributed by atoms with Crippen molar-refractivity contribution in [2.75, 3.05) is 50.7 Å². The first-order valence-electron chi connectivity index (χ1n) is 13.2. The molecule has 5 heterocycles. The van der Waals surface area contributed by atoms with E-state index in [0.717, 1.165) is 74.0 Å². The molecule has 194 valence electrons. The Balaban J connectivity index is 0.990. The Morgan fingerprint density at radius 2 is 1.68 bits per heavy atom. The van der Waals surface area contributed by atoms with Crippen LogP contribution >= 0.6 is 0 Å². The van der Waals surface area contributed by atoms with Gasteiger partial charge in [-0.2, -0.15) is 5.10 Å². The number of hydrogen-bond donors (Lipinski definition) is 0. The molecule has 6 rings (SSSR count). The summed E-state index contributed by atoms with van der Waals surface area (Å²) in [4.78, 5) is 32.6. The quantitative estimate of drug-likeness (QED) is 0.395. The van der Waals surface area contributed by atoms with Crippen LogP contribution in [-0.2, 0) is 4.79 Å². The van der Waals surface area contributed by atoms with Crippen molar-refractivity contribution < 1.29 is 4.79 Å². The van der Waals surface area contributed by atoms with E-state index in [4.69, 9.17) is 5.10 Å². The molecule has 38 heavy (non-hydrogen) atoms. The average molecular weight is 509 g/mol. The first-order valence-corrected chi connectivity index (χ1v) is 13.2. The summed E-state index contributed by atoms with van der Waals surface area (Å²) in [6.45, 7) is 7.38. The molecule has 2 aliphatic rings. The number of aryl methyl sites for hydroxylation is 1. The highest BCUT2D eigenvalue weighted by atomic mass is 16.2. The Bertz CT molecular complexity index is 1380. The highest BCUT2D eigenvalue weighted by Crippen LogP contribution is 2.25. The van der Waals surface area contributed by atoms with E-state index >= 15 is 0 Å². The van der Waals surface area contributed by atoms with Crippen molar-refractivity contribution in [2.24, 2.45) is 0 Å². The van der Waals surface area contributed by atoms with Gasteiger partial charge in [-0.15, -0.1) is 0 Å². The van der Waals surface area contributed by atoms with E-state index in [-0.39, 0.29) is 5.91 Å². The zero-order valence-corrected chi connectivity index (χ0v) is 21.6. The number of piperazine rings is 1. The molecule has 0 N–H and O–H groups in total. The Hall–Kier alpha value is -4.11. The SMILES string of the molecule is Cc1cc(-c2ccn([C@H]3CCN(CC(=O)N4CCN(c5ccc(-c6ncccn6)cc5)CC4)C3)n2)ccn1. The second kappa shape index (κ2) is 10.7. The minimum absolute atomic E-state index is 0.218. The van der Waals surface area contributed by atoms with Crippen LogP contribution in [0.1, 0.15) is 18.2 Å². The standard InChI is InChI=1S/C29H32N8O/c1-22-19-24(7-12-30-22)27-9-14-37(33-27)26-8-13-34(20-26)21-28(38)36-17-15-35(16-18-36)25-5-3-23(4-6-25)29-31-10-2-11-32-29/h2-7,9-12,14,19,26H,8,13,15-18,20-21H2,1H3/t26-/m0/s1. The fourth-order valence-corrected chi connectivity index (χ4v) is 5.35. The van der Waals surface area contributed by atoms with E-state index in [1.807, 2.05) is 30.2 Å². The minimum Gasteiger partial charge on any atom is -0.368 e. The molecule has 2 saturated heterocycles. The summed E-state index contributed by atoms with van der Waals surface area (Å²) in [7, 11) is 0. The molecule has 0 aliphatic carbocycles. The number of carbonyl (C=O) groups is 1. The minimum atomic E-state index is 0.218. The number of nitrogens with zero attached hydrogens (tertiary/aromatic N) is 8. The topological polar surface area (TPSA) is 83.3 Å². The molecule has 2 fully saturated rings. The summed E-state index contributed by atoms with van der Waals surface area (Å²) >= 11 is 0. The lowest BCUT2D eigenvalue weighted by Crippen LogP contribution is -2.51. The van der Waals surface area contributed by atoms with Crippen molar-refractivity contribution in [3.63, 3.8) is 0 Å². The zero-order chi connectivity index (χ0) is 25.9. The number of benzene rings is 1. The lowest BCUT2D eigenvalue weighted by atomic mass is 10.1. The molecule has 1 aromatic carbocycles. The van der Waals surface area contributed by atoms with E-state index in [1.54, 1.807) is 12.4 Å². The molecule has 0 saturated carbocycles. The monoisotopic (exact) mass is 508 g/mol. The van der Waals surface area contributed by atoms with Crippen LogP contribution in [-0.4, -0.2) is 86.3 Å². The molecule has 2 aliphatic heterocycles. The zero-order valence-electron chi connectivity index (χ0n) is 21.6. The average Bonchev–Trinajstić information content (AvgIpc) is 3.64. The van der Waals surface area contributed by atoms with Crippen LogP contribution < -0.4 is 4.90 Å². The first-order chi connectivity index (χ1) is 18.6. The van der Waals surface area contributed by atoms with Crippen LogP contribution in [0.4, 0.5) is 5.69 Å². The summed E-state index contributed by atoms with van der Waals surface area (Å²) < 4.78 is 2.06. The van der Waals surface area contributed by atoms with Crippen LogP contribution in [0.5, 0.6) is 0 Å². The number of likely N-dealkylation sites (tertiary alicyclic amines) is 1. The van der Waals surface area contributed by atoms with E-state index in [2.05, 4.69) is 72.0 Å². The highest BCUT2D eigenvalue weighted by molar-refractivity contribution is 5.78. The first kappa shape index (κ1) is 24.2. The highest BCUT2D eigenvalue weighted by Gasteiger charge is 2.29. The third kappa shape index (κ3) is 5.28. The van der Waals surface area contributed by atoms with Crippen LogP contribution in [0.25, 0.3) is 22.6 Å². The van der Waals surface area contributed by atoms with Crippen molar-refractivity contribution in [1.29, 1.82) is 0 Å². The third-order valence-electron chi connectivity index (χ3n) is 7.47. The second-order valence-electron chi connectivity index (χ2n) is 10.0. The maximum Gasteiger partial charge on any atom is 0.236 e. The molecule has 0 spiro atoms. The van der Waals surface area contributed by atoms with Gasteiger partial charge in [-0.1, -0.05) is 0 Å². The molecule has 1 amide bonds. The van der Waals surface area contributed by atoms with Gasteiger partial charge in [0.1, 0.15) is 0 Å². The number of carbonyl (C=O) groups excluding carboxylic acids is 1. The Morgan fingerprint density at radius 1 is 0.895 bits per heavy atom.